The van der Waals surface area contributed by atoms with Crippen LogP contribution in [-0.4, -0.2) is 27.4 Å². The highest BCUT2D eigenvalue weighted by atomic mass is 32.1. The van der Waals surface area contributed by atoms with E-state index in [4.69, 9.17) is 12.2 Å². The number of hydrogen-bond acceptors (Lipinski definition) is 3. The van der Waals surface area contributed by atoms with Crippen molar-refractivity contribution in [2.75, 3.05) is 17.2 Å². The van der Waals surface area contributed by atoms with E-state index in [1.165, 1.54) is 25.3 Å². The molecule has 26 heavy (non-hydrogen) atoms. The first-order chi connectivity index (χ1) is 12.6. The molecular formula is C20H24N4OS. The maximum atomic E-state index is 11.1. The van der Waals surface area contributed by atoms with Gasteiger partial charge in [0.2, 0.25) is 5.91 Å². The van der Waals surface area contributed by atoms with Crippen LogP contribution in [0.2, 0.25) is 0 Å². The van der Waals surface area contributed by atoms with Gasteiger partial charge in [-0.3, -0.25) is 9.78 Å². The number of benzene rings is 1. The third kappa shape index (κ3) is 4.79. The van der Waals surface area contributed by atoms with E-state index in [1.54, 1.807) is 0 Å². The summed E-state index contributed by atoms with van der Waals surface area (Å²) in [5.41, 5.74) is 2.95. The molecule has 1 saturated heterocycles. The van der Waals surface area contributed by atoms with Gasteiger partial charge in [0.1, 0.15) is 0 Å². The molecule has 6 heteroatoms. The molecule has 2 N–H and O–H groups in total. The van der Waals surface area contributed by atoms with Crippen LogP contribution in [0.5, 0.6) is 0 Å². The summed E-state index contributed by atoms with van der Waals surface area (Å²) in [6, 6.07) is 12.0. The summed E-state index contributed by atoms with van der Waals surface area (Å²) >= 11 is 5.73. The molecular weight excluding hydrogens is 344 g/mol. The standard InChI is InChI=1S/C20H24N4OS/c1-15(25)22-17-6-8-18(9-7-17)23-20(26)24-14-4-2-3-5-19(24)16-10-12-21-13-11-16/h6-13,19H,2-5,14H2,1H3,(H,22,25)(H,23,26)/t19-/m1/s1. The number of likely N-dealkylation sites (tertiary alicyclic amines) is 1. The lowest BCUT2D eigenvalue weighted by Crippen LogP contribution is -2.37. The predicted molar refractivity (Wildman–Crippen MR) is 109 cm³/mol. The van der Waals surface area contributed by atoms with E-state index in [1.807, 2.05) is 36.7 Å². The van der Waals surface area contributed by atoms with E-state index in [-0.39, 0.29) is 11.9 Å². The molecule has 0 saturated carbocycles. The second-order valence-electron chi connectivity index (χ2n) is 6.53. The summed E-state index contributed by atoms with van der Waals surface area (Å²) in [6.45, 7) is 2.45. The SMILES string of the molecule is CC(=O)Nc1ccc(NC(=S)N2CCCCC[C@@H]2c2ccncc2)cc1. The molecule has 0 bridgehead atoms. The molecule has 0 unspecified atom stereocenters. The van der Waals surface area contributed by atoms with Crippen LogP contribution in [0, 0.1) is 0 Å². The third-order valence-corrected chi connectivity index (χ3v) is 4.90. The average molecular weight is 369 g/mol. The highest BCUT2D eigenvalue weighted by Gasteiger charge is 2.24. The number of nitrogens with one attached hydrogen (secondary N) is 2. The van der Waals surface area contributed by atoms with E-state index in [0.717, 1.165) is 35.9 Å². The molecule has 2 aromatic rings. The quantitative estimate of drug-likeness (QED) is 0.789. The van der Waals surface area contributed by atoms with Crippen molar-refractivity contribution in [1.29, 1.82) is 0 Å². The van der Waals surface area contributed by atoms with Crippen LogP contribution in [-0.2, 0) is 4.79 Å². The van der Waals surface area contributed by atoms with Crippen LogP contribution < -0.4 is 10.6 Å². The summed E-state index contributed by atoms with van der Waals surface area (Å²) in [5.74, 6) is -0.0778. The summed E-state index contributed by atoms with van der Waals surface area (Å²) in [6.07, 6.45) is 8.35. The molecule has 2 heterocycles. The summed E-state index contributed by atoms with van der Waals surface area (Å²) in [7, 11) is 0. The molecule has 3 rings (SSSR count). The molecule has 1 aliphatic heterocycles. The van der Waals surface area contributed by atoms with Crippen LogP contribution >= 0.6 is 12.2 Å². The van der Waals surface area contributed by atoms with Crippen molar-refractivity contribution < 1.29 is 4.79 Å². The molecule has 0 aliphatic carbocycles. The van der Waals surface area contributed by atoms with Gasteiger partial charge in [-0.05, 0) is 67.0 Å². The van der Waals surface area contributed by atoms with Crippen molar-refractivity contribution in [1.82, 2.24) is 9.88 Å². The second-order valence-corrected chi connectivity index (χ2v) is 6.91. The van der Waals surface area contributed by atoms with Gasteiger partial charge in [0, 0.05) is 37.2 Å². The molecule has 0 radical (unpaired) electrons. The first-order valence-electron chi connectivity index (χ1n) is 8.98. The zero-order valence-corrected chi connectivity index (χ0v) is 15.8. The molecule has 0 spiro atoms. The Kier molecular flexibility index (Phi) is 6.17. The molecule has 136 valence electrons. The number of carbonyl (C=O) groups excluding carboxylic acids is 1. The van der Waals surface area contributed by atoms with E-state index in [0.29, 0.717) is 0 Å². The zero-order chi connectivity index (χ0) is 18.4. The van der Waals surface area contributed by atoms with E-state index < -0.39 is 0 Å². The van der Waals surface area contributed by atoms with Crippen molar-refractivity contribution in [3.63, 3.8) is 0 Å². The number of amides is 1. The Bertz CT molecular complexity index is 748. The number of nitrogens with zero attached hydrogens (tertiary/aromatic N) is 2. The Hall–Kier alpha value is -2.47. The number of pyridine rings is 1. The van der Waals surface area contributed by atoms with Crippen molar-refractivity contribution in [3.8, 4) is 0 Å². The summed E-state index contributed by atoms with van der Waals surface area (Å²) in [5, 5.41) is 6.86. The van der Waals surface area contributed by atoms with Gasteiger partial charge in [0.15, 0.2) is 5.11 Å². The summed E-state index contributed by atoms with van der Waals surface area (Å²) < 4.78 is 0. The maximum absolute atomic E-state index is 11.1. The first-order valence-corrected chi connectivity index (χ1v) is 9.39. The number of hydrogen-bond donors (Lipinski definition) is 2. The van der Waals surface area contributed by atoms with E-state index in [9.17, 15) is 4.79 Å². The van der Waals surface area contributed by atoms with Gasteiger partial charge >= 0.3 is 0 Å². The maximum Gasteiger partial charge on any atom is 0.221 e. The number of carbonyl (C=O) groups is 1. The Morgan fingerprint density at radius 3 is 2.35 bits per heavy atom. The van der Waals surface area contributed by atoms with Crippen molar-refractivity contribution in [3.05, 3.63) is 54.4 Å². The van der Waals surface area contributed by atoms with Gasteiger partial charge in [0.05, 0.1) is 6.04 Å². The minimum atomic E-state index is -0.0778. The number of rotatable bonds is 3. The highest BCUT2D eigenvalue weighted by molar-refractivity contribution is 7.80. The number of anilines is 2. The third-order valence-electron chi connectivity index (χ3n) is 4.56. The molecule has 1 fully saturated rings. The topological polar surface area (TPSA) is 57.3 Å². The lowest BCUT2D eigenvalue weighted by molar-refractivity contribution is -0.114. The molecule has 1 atom stereocenters. The van der Waals surface area contributed by atoms with Gasteiger partial charge in [-0.15, -0.1) is 0 Å². The van der Waals surface area contributed by atoms with Crippen LogP contribution in [0.1, 0.15) is 44.2 Å². The van der Waals surface area contributed by atoms with Crippen molar-refractivity contribution in [2.45, 2.75) is 38.6 Å². The van der Waals surface area contributed by atoms with Crippen LogP contribution in [0.25, 0.3) is 0 Å². The normalized spacial score (nSPS) is 17.3. The van der Waals surface area contributed by atoms with Gasteiger partial charge in [-0.2, -0.15) is 0 Å². The molecule has 5 nitrogen and oxygen atoms in total. The lowest BCUT2D eigenvalue weighted by Gasteiger charge is -2.33. The van der Waals surface area contributed by atoms with Gasteiger partial charge in [-0.25, -0.2) is 0 Å². The Labute approximate surface area is 159 Å². The monoisotopic (exact) mass is 368 g/mol. The smallest absolute Gasteiger partial charge is 0.221 e. The van der Waals surface area contributed by atoms with Crippen molar-refractivity contribution in [2.24, 2.45) is 0 Å². The number of aromatic nitrogens is 1. The van der Waals surface area contributed by atoms with Gasteiger partial charge in [-0.1, -0.05) is 12.8 Å². The zero-order valence-electron chi connectivity index (χ0n) is 14.9. The largest absolute Gasteiger partial charge is 0.342 e. The van der Waals surface area contributed by atoms with Gasteiger partial charge < -0.3 is 15.5 Å². The molecule has 1 aromatic heterocycles. The summed E-state index contributed by atoms with van der Waals surface area (Å²) in [4.78, 5) is 17.6. The van der Waals surface area contributed by atoms with Crippen LogP contribution in [0.3, 0.4) is 0 Å². The molecule has 1 amide bonds. The fraction of sp³-hybridized carbons (Fsp3) is 0.350. The first kappa shape index (κ1) is 18.3. The Balaban J connectivity index is 1.72. The van der Waals surface area contributed by atoms with E-state index in [2.05, 4.69) is 32.7 Å². The Morgan fingerprint density at radius 1 is 1.04 bits per heavy atom. The molecule has 1 aromatic carbocycles. The van der Waals surface area contributed by atoms with Crippen molar-refractivity contribution >= 4 is 34.6 Å². The van der Waals surface area contributed by atoms with Crippen LogP contribution in [0.4, 0.5) is 11.4 Å². The van der Waals surface area contributed by atoms with Gasteiger partial charge in [0.25, 0.3) is 0 Å². The molecule has 1 aliphatic rings. The second kappa shape index (κ2) is 8.76. The van der Waals surface area contributed by atoms with Crippen LogP contribution in [0.15, 0.2) is 48.8 Å². The fourth-order valence-corrected chi connectivity index (χ4v) is 3.66. The fourth-order valence-electron chi connectivity index (χ4n) is 3.32. The minimum absolute atomic E-state index is 0.0778. The Morgan fingerprint density at radius 2 is 1.69 bits per heavy atom. The predicted octanol–water partition coefficient (Wildman–Crippen LogP) is 4.35. The minimum Gasteiger partial charge on any atom is -0.342 e. The average Bonchev–Trinajstić information content (AvgIpc) is 2.90. The highest BCUT2D eigenvalue weighted by Crippen LogP contribution is 2.30. The lowest BCUT2D eigenvalue weighted by atomic mass is 10.0. The van der Waals surface area contributed by atoms with E-state index >= 15 is 0 Å². The number of thiocarbonyl (C=S) groups is 1.